The van der Waals surface area contributed by atoms with E-state index >= 15 is 0 Å². The molecule has 0 aromatic carbocycles. The number of rotatable bonds is 6. The van der Waals surface area contributed by atoms with E-state index < -0.39 is 0 Å². The van der Waals surface area contributed by atoms with E-state index in [2.05, 4.69) is 6.92 Å². The third-order valence-electron chi connectivity index (χ3n) is 1.58. The Labute approximate surface area is 63.7 Å². The number of hydrogen-bond acceptors (Lipinski definition) is 2. The summed E-state index contributed by atoms with van der Waals surface area (Å²) in [6.45, 7) is 3.01. The Balaban J connectivity index is 2.97. The number of ether oxygens (including phenoxy) is 1. The molecule has 0 aliphatic carbocycles. The van der Waals surface area contributed by atoms with Crippen LogP contribution < -0.4 is 5.73 Å². The van der Waals surface area contributed by atoms with E-state index in [0.717, 1.165) is 25.9 Å². The second-order valence-electron chi connectivity index (χ2n) is 2.68. The Bertz CT molecular complexity index is 66.3. The van der Waals surface area contributed by atoms with Crippen LogP contribution >= 0.6 is 0 Å². The molecule has 0 aromatic rings. The number of hydrogen-bond donors (Lipinski definition) is 1. The minimum Gasteiger partial charge on any atom is -0.385 e. The first-order valence-corrected chi connectivity index (χ1v) is 4.05. The number of nitrogens with two attached hydrogens (primary N) is 1. The van der Waals surface area contributed by atoms with Crippen molar-refractivity contribution in [2.75, 3.05) is 13.7 Å². The number of methoxy groups -OCH3 is 1. The van der Waals surface area contributed by atoms with E-state index in [-0.39, 0.29) is 0 Å². The van der Waals surface area contributed by atoms with Gasteiger partial charge in [-0.3, -0.25) is 0 Å². The molecule has 0 aliphatic heterocycles. The minimum absolute atomic E-state index is 0.389. The van der Waals surface area contributed by atoms with Gasteiger partial charge in [0.1, 0.15) is 0 Å². The summed E-state index contributed by atoms with van der Waals surface area (Å²) >= 11 is 0. The van der Waals surface area contributed by atoms with Gasteiger partial charge in [0, 0.05) is 19.8 Å². The first-order valence-electron chi connectivity index (χ1n) is 4.05. The summed E-state index contributed by atoms with van der Waals surface area (Å²) in [5.41, 5.74) is 5.77. The predicted molar refractivity (Wildman–Crippen MR) is 44.0 cm³/mol. The van der Waals surface area contributed by atoms with Crippen LogP contribution in [-0.4, -0.2) is 19.8 Å². The Hall–Kier alpha value is -0.0800. The molecule has 0 saturated heterocycles. The smallest absolute Gasteiger partial charge is 0.0462 e. The van der Waals surface area contributed by atoms with Crippen molar-refractivity contribution in [3.8, 4) is 0 Å². The fourth-order valence-corrected chi connectivity index (χ4v) is 1.00. The first kappa shape index (κ1) is 9.92. The molecule has 0 fully saturated rings. The van der Waals surface area contributed by atoms with Crippen molar-refractivity contribution >= 4 is 0 Å². The van der Waals surface area contributed by atoms with Gasteiger partial charge < -0.3 is 10.5 Å². The molecule has 1 atom stereocenters. The van der Waals surface area contributed by atoms with Crippen molar-refractivity contribution in [1.82, 2.24) is 0 Å². The van der Waals surface area contributed by atoms with Gasteiger partial charge >= 0.3 is 0 Å². The molecule has 0 saturated carbocycles. The topological polar surface area (TPSA) is 35.2 Å². The molecular weight excluding hydrogens is 126 g/mol. The van der Waals surface area contributed by atoms with E-state index in [0.29, 0.717) is 6.04 Å². The van der Waals surface area contributed by atoms with Crippen LogP contribution in [0.5, 0.6) is 0 Å². The highest BCUT2D eigenvalue weighted by atomic mass is 16.5. The lowest BCUT2D eigenvalue weighted by atomic mass is 10.1. The van der Waals surface area contributed by atoms with Gasteiger partial charge in [0.05, 0.1) is 0 Å². The highest BCUT2D eigenvalue weighted by Crippen LogP contribution is 2.01. The molecule has 0 radical (unpaired) electrons. The van der Waals surface area contributed by atoms with Crippen molar-refractivity contribution in [1.29, 1.82) is 0 Å². The third kappa shape index (κ3) is 6.05. The molecule has 0 aromatic heterocycles. The lowest BCUT2D eigenvalue weighted by Gasteiger charge is -2.08. The largest absolute Gasteiger partial charge is 0.385 e. The molecule has 0 rings (SSSR count). The fraction of sp³-hybridized carbons (Fsp3) is 1.00. The van der Waals surface area contributed by atoms with Crippen molar-refractivity contribution in [2.45, 2.75) is 38.6 Å². The van der Waals surface area contributed by atoms with E-state index in [9.17, 15) is 0 Å². The van der Waals surface area contributed by atoms with Crippen LogP contribution in [0.3, 0.4) is 0 Å². The maximum Gasteiger partial charge on any atom is 0.0462 e. The molecule has 0 bridgehead atoms. The first-order chi connectivity index (χ1) is 4.81. The summed E-state index contributed by atoms with van der Waals surface area (Å²) in [7, 11) is 1.73. The summed E-state index contributed by atoms with van der Waals surface area (Å²) in [6.07, 6.45) is 4.53. The molecular formula is C8H19NO. The molecule has 62 valence electrons. The molecule has 2 nitrogen and oxygen atoms in total. The van der Waals surface area contributed by atoms with Crippen LogP contribution in [0.15, 0.2) is 0 Å². The van der Waals surface area contributed by atoms with Crippen molar-refractivity contribution < 1.29 is 4.74 Å². The second-order valence-corrected chi connectivity index (χ2v) is 2.68. The Morgan fingerprint density at radius 3 is 2.60 bits per heavy atom. The zero-order valence-electron chi connectivity index (χ0n) is 7.10. The second kappa shape index (κ2) is 7.03. The van der Waals surface area contributed by atoms with Gasteiger partial charge in [0.15, 0.2) is 0 Å². The fourth-order valence-electron chi connectivity index (χ4n) is 1.00. The van der Waals surface area contributed by atoms with Crippen LogP contribution in [0, 0.1) is 0 Å². The van der Waals surface area contributed by atoms with Gasteiger partial charge in [-0.25, -0.2) is 0 Å². The molecule has 0 heterocycles. The molecule has 0 unspecified atom stereocenters. The van der Waals surface area contributed by atoms with E-state index in [4.69, 9.17) is 10.5 Å². The van der Waals surface area contributed by atoms with Crippen molar-refractivity contribution in [3.05, 3.63) is 0 Å². The molecule has 0 aliphatic rings. The monoisotopic (exact) mass is 145 g/mol. The standard InChI is InChI=1S/C8H19NO/c1-3-5-8(9)6-4-7-10-2/h8H,3-7,9H2,1-2H3/t8-/m0/s1. The third-order valence-corrected chi connectivity index (χ3v) is 1.58. The summed E-state index contributed by atoms with van der Waals surface area (Å²) in [6, 6.07) is 0.389. The molecule has 0 spiro atoms. The van der Waals surface area contributed by atoms with Gasteiger partial charge in [-0.1, -0.05) is 13.3 Å². The van der Waals surface area contributed by atoms with Gasteiger partial charge in [0.25, 0.3) is 0 Å². The van der Waals surface area contributed by atoms with Crippen LogP contribution in [0.1, 0.15) is 32.6 Å². The van der Waals surface area contributed by atoms with Gasteiger partial charge in [-0.05, 0) is 19.3 Å². The van der Waals surface area contributed by atoms with Crippen LogP contribution in [-0.2, 0) is 4.74 Å². The Kier molecular flexibility index (Phi) is 6.98. The van der Waals surface area contributed by atoms with Crippen LogP contribution in [0.2, 0.25) is 0 Å². The maximum atomic E-state index is 5.77. The maximum absolute atomic E-state index is 5.77. The predicted octanol–water partition coefficient (Wildman–Crippen LogP) is 1.54. The van der Waals surface area contributed by atoms with Gasteiger partial charge in [0.2, 0.25) is 0 Å². The van der Waals surface area contributed by atoms with E-state index in [1.165, 1.54) is 6.42 Å². The van der Waals surface area contributed by atoms with Gasteiger partial charge in [-0.2, -0.15) is 0 Å². The van der Waals surface area contributed by atoms with E-state index in [1.807, 2.05) is 0 Å². The van der Waals surface area contributed by atoms with Crippen LogP contribution in [0.4, 0.5) is 0 Å². The molecule has 2 N–H and O–H groups in total. The zero-order valence-corrected chi connectivity index (χ0v) is 7.10. The highest BCUT2D eigenvalue weighted by molar-refractivity contribution is 4.59. The quantitative estimate of drug-likeness (QED) is 0.575. The Morgan fingerprint density at radius 1 is 1.40 bits per heavy atom. The lowest BCUT2D eigenvalue weighted by molar-refractivity contribution is 0.190. The lowest BCUT2D eigenvalue weighted by Crippen LogP contribution is -2.19. The van der Waals surface area contributed by atoms with Crippen molar-refractivity contribution in [3.63, 3.8) is 0 Å². The normalized spacial score (nSPS) is 13.5. The highest BCUT2D eigenvalue weighted by Gasteiger charge is 1.98. The summed E-state index contributed by atoms with van der Waals surface area (Å²) in [5, 5.41) is 0. The molecule has 2 heteroatoms. The average Bonchev–Trinajstić information content (AvgIpc) is 1.89. The summed E-state index contributed by atoms with van der Waals surface area (Å²) in [4.78, 5) is 0. The molecule has 10 heavy (non-hydrogen) atoms. The summed E-state index contributed by atoms with van der Waals surface area (Å²) in [5.74, 6) is 0. The summed E-state index contributed by atoms with van der Waals surface area (Å²) < 4.78 is 4.91. The van der Waals surface area contributed by atoms with Crippen LogP contribution in [0.25, 0.3) is 0 Å². The van der Waals surface area contributed by atoms with E-state index in [1.54, 1.807) is 7.11 Å². The Morgan fingerprint density at radius 2 is 2.10 bits per heavy atom. The van der Waals surface area contributed by atoms with Crippen molar-refractivity contribution in [2.24, 2.45) is 5.73 Å². The molecule has 0 amide bonds. The minimum atomic E-state index is 0.389. The zero-order chi connectivity index (χ0) is 7.82. The SMILES string of the molecule is CCC[C@H](N)CCCOC. The van der Waals surface area contributed by atoms with Gasteiger partial charge in [-0.15, -0.1) is 0 Å². The average molecular weight is 145 g/mol.